The second-order valence-corrected chi connectivity index (χ2v) is 6.96. The van der Waals surface area contributed by atoms with E-state index in [1.165, 1.54) is 6.07 Å². The Morgan fingerprint density at radius 3 is 2.64 bits per heavy atom. The van der Waals surface area contributed by atoms with Gasteiger partial charge in [0.1, 0.15) is 5.82 Å². The van der Waals surface area contributed by atoms with Gasteiger partial charge in [0, 0.05) is 31.0 Å². The quantitative estimate of drug-likeness (QED) is 0.691. The average Bonchev–Trinajstić information content (AvgIpc) is 3.06. The summed E-state index contributed by atoms with van der Waals surface area (Å²) in [4.78, 5) is 6.56. The number of morpholine rings is 1. The molecule has 0 saturated carbocycles. The molecule has 1 aliphatic heterocycles. The van der Waals surface area contributed by atoms with Gasteiger partial charge in [-0.25, -0.2) is 18.2 Å². The van der Waals surface area contributed by atoms with Gasteiger partial charge in [0.15, 0.2) is 5.65 Å². The summed E-state index contributed by atoms with van der Waals surface area (Å²) in [6.45, 7) is 4.35. The summed E-state index contributed by atoms with van der Waals surface area (Å²) >= 11 is 0. The van der Waals surface area contributed by atoms with Crippen LogP contribution in [0.15, 0.2) is 30.6 Å². The Bertz CT molecular complexity index is 1010. The fourth-order valence-electron chi connectivity index (χ4n) is 3.57. The number of halogens is 3. The lowest BCUT2D eigenvalue weighted by Crippen LogP contribution is -2.36. The third kappa shape index (κ3) is 3.52. The van der Waals surface area contributed by atoms with Crippen molar-refractivity contribution in [2.75, 3.05) is 36.9 Å². The number of fused-ring (bicyclic) bond motifs is 1. The number of rotatable bonds is 4. The van der Waals surface area contributed by atoms with Crippen LogP contribution in [0.3, 0.4) is 0 Å². The Morgan fingerprint density at radius 2 is 1.93 bits per heavy atom. The molecule has 28 heavy (non-hydrogen) atoms. The van der Waals surface area contributed by atoms with Crippen LogP contribution in [0.5, 0.6) is 0 Å². The number of alkyl halides is 2. The van der Waals surface area contributed by atoms with E-state index < -0.39 is 18.7 Å². The van der Waals surface area contributed by atoms with Crippen LogP contribution in [-0.4, -0.2) is 42.1 Å². The highest BCUT2D eigenvalue weighted by Crippen LogP contribution is 2.33. The third-order valence-electron chi connectivity index (χ3n) is 4.95. The van der Waals surface area contributed by atoms with Gasteiger partial charge < -0.3 is 19.8 Å². The van der Waals surface area contributed by atoms with E-state index in [1.807, 2.05) is 19.2 Å². The number of aromatic nitrogens is 2. The van der Waals surface area contributed by atoms with Gasteiger partial charge in [0.2, 0.25) is 6.43 Å². The van der Waals surface area contributed by atoms with Crippen molar-refractivity contribution < 1.29 is 17.9 Å². The van der Waals surface area contributed by atoms with Gasteiger partial charge in [0.05, 0.1) is 36.7 Å². The van der Waals surface area contributed by atoms with E-state index in [1.54, 1.807) is 16.7 Å². The number of imidazole rings is 1. The summed E-state index contributed by atoms with van der Waals surface area (Å²) in [6, 6.07) is 4.96. The number of nitrogens with zero attached hydrogens (tertiary/aromatic N) is 3. The number of nitrogens with two attached hydrogens (primary N) is 1. The molecule has 0 spiro atoms. The van der Waals surface area contributed by atoms with Crippen LogP contribution in [0.25, 0.3) is 16.8 Å². The lowest BCUT2D eigenvalue weighted by molar-refractivity contribution is 0.123. The Hall–Kier alpha value is -2.74. The van der Waals surface area contributed by atoms with Gasteiger partial charge >= 0.3 is 0 Å². The van der Waals surface area contributed by atoms with Crippen molar-refractivity contribution >= 4 is 17.0 Å². The van der Waals surface area contributed by atoms with Gasteiger partial charge in [-0.05, 0) is 36.2 Å². The lowest BCUT2D eigenvalue weighted by atomic mass is 10.0. The Labute approximate surface area is 160 Å². The van der Waals surface area contributed by atoms with Crippen molar-refractivity contribution in [1.82, 2.24) is 9.38 Å². The van der Waals surface area contributed by atoms with E-state index in [9.17, 15) is 13.2 Å². The maximum absolute atomic E-state index is 13.8. The Balaban J connectivity index is 1.89. The van der Waals surface area contributed by atoms with E-state index in [4.69, 9.17) is 10.5 Å². The minimum atomic E-state index is -2.46. The van der Waals surface area contributed by atoms with E-state index in [-0.39, 0.29) is 5.69 Å². The molecule has 1 fully saturated rings. The minimum Gasteiger partial charge on any atom is -0.396 e. The number of hydrogen-bond acceptors (Lipinski definition) is 4. The predicted molar refractivity (Wildman–Crippen MR) is 102 cm³/mol. The molecule has 0 unspecified atom stereocenters. The number of ether oxygens (including phenoxy) is 1. The van der Waals surface area contributed by atoms with Crippen molar-refractivity contribution in [2.24, 2.45) is 0 Å². The summed E-state index contributed by atoms with van der Waals surface area (Å²) in [5.74, 6) is -0.461. The Kier molecular flexibility index (Phi) is 4.89. The first-order valence-electron chi connectivity index (χ1n) is 9.11. The molecule has 0 atom stereocenters. The minimum absolute atomic E-state index is 0.0673. The second-order valence-electron chi connectivity index (χ2n) is 6.96. The number of aryl methyl sites for hydroxylation is 1. The molecule has 4 rings (SSSR count). The number of nitrogen functional groups attached to an aromatic ring is 1. The fourth-order valence-corrected chi connectivity index (χ4v) is 3.57. The van der Waals surface area contributed by atoms with E-state index in [2.05, 4.69) is 9.88 Å². The van der Waals surface area contributed by atoms with Crippen molar-refractivity contribution in [3.05, 3.63) is 47.7 Å². The largest absolute Gasteiger partial charge is 0.396 e. The molecular formula is C20H21F3N4O. The molecule has 2 aromatic heterocycles. The molecule has 0 aliphatic carbocycles. The molecule has 0 amide bonds. The topological polar surface area (TPSA) is 55.8 Å². The molecule has 5 nitrogen and oxygen atoms in total. The van der Waals surface area contributed by atoms with Crippen LogP contribution in [-0.2, 0) is 11.2 Å². The second kappa shape index (κ2) is 7.35. The zero-order valence-electron chi connectivity index (χ0n) is 15.5. The highest BCUT2D eigenvalue weighted by Gasteiger charge is 2.19. The van der Waals surface area contributed by atoms with Crippen LogP contribution in [0.2, 0.25) is 0 Å². The fraction of sp³-hybridized carbons (Fsp3) is 0.350. The monoisotopic (exact) mass is 390 g/mol. The molecule has 3 heterocycles. The number of benzene rings is 1. The van der Waals surface area contributed by atoms with Crippen molar-refractivity contribution in [3.8, 4) is 11.1 Å². The molecule has 0 radical (unpaired) electrons. The molecule has 0 bridgehead atoms. The van der Waals surface area contributed by atoms with Gasteiger partial charge in [0.25, 0.3) is 0 Å². The molecule has 1 aliphatic rings. The van der Waals surface area contributed by atoms with E-state index >= 15 is 0 Å². The SMILES string of the molecule is Cc1cc(F)c(N)cc1-c1cc(N2CCOCC2)c2nc(CC(F)F)cn2c1. The highest BCUT2D eigenvalue weighted by molar-refractivity contribution is 5.80. The van der Waals surface area contributed by atoms with Crippen molar-refractivity contribution in [3.63, 3.8) is 0 Å². The number of pyridine rings is 1. The maximum Gasteiger partial charge on any atom is 0.244 e. The van der Waals surface area contributed by atoms with Crippen LogP contribution in [0.4, 0.5) is 24.5 Å². The first-order chi connectivity index (χ1) is 13.4. The molecular weight excluding hydrogens is 369 g/mol. The normalized spacial score (nSPS) is 15.0. The summed E-state index contributed by atoms with van der Waals surface area (Å²) in [6.07, 6.45) is 0.579. The number of anilines is 2. The number of hydrogen-bond donors (Lipinski definition) is 1. The van der Waals surface area contributed by atoms with Crippen LogP contribution < -0.4 is 10.6 Å². The average molecular weight is 390 g/mol. The molecule has 3 aromatic rings. The van der Waals surface area contributed by atoms with Crippen molar-refractivity contribution in [2.45, 2.75) is 19.8 Å². The summed E-state index contributed by atoms with van der Waals surface area (Å²) in [5, 5.41) is 0. The highest BCUT2D eigenvalue weighted by atomic mass is 19.3. The molecule has 148 valence electrons. The van der Waals surface area contributed by atoms with Crippen LogP contribution in [0, 0.1) is 12.7 Å². The van der Waals surface area contributed by atoms with E-state index in [0.717, 1.165) is 22.4 Å². The molecule has 2 N–H and O–H groups in total. The maximum atomic E-state index is 13.8. The zero-order valence-corrected chi connectivity index (χ0v) is 15.5. The molecule has 1 saturated heterocycles. The summed E-state index contributed by atoms with van der Waals surface area (Å²) in [5.41, 5.74) is 9.98. The van der Waals surface area contributed by atoms with Crippen molar-refractivity contribution in [1.29, 1.82) is 0 Å². The lowest BCUT2D eigenvalue weighted by Gasteiger charge is -2.29. The predicted octanol–water partition coefficient (Wildman–Crippen LogP) is 3.68. The van der Waals surface area contributed by atoms with Crippen LogP contribution >= 0.6 is 0 Å². The molecule has 8 heteroatoms. The van der Waals surface area contributed by atoms with Crippen LogP contribution in [0.1, 0.15) is 11.3 Å². The van der Waals surface area contributed by atoms with E-state index in [0.29, 0.717) is 37.6 Å². The van der Waals surface area contributed by atoms with Gasteiger partial charge in [-0.15, -0.1) is 0 Å². The summed E-state index contributed by atoms with van der Waals surface area (Å²) in [7, 11) is 0. The van der Waals surface area contributed by atoms with Gasteiger partial charge in [-0.2, -0.15) is 0 Å². The smallest absolute Gasteiger partial charge is 0.244 e. The first-order valence-corrected chi connectivity index (χ1v) is 9.11. The molecule has 1 aromatic carbocycles. The third-order valence-corrected chi connectivity index (χ3v) is 4.95. The first kappa shape index (κ1) is 18.6. The van der Waals surface area contributed by atoms with Gasteiger partial charge in [-0.1, -0.05) is 0 Å². The van der Waals surface area contributed by atoms with Gasteiger partial charge in [-0.3, -0.25) is 0 Å². The Morgan fingerprint density at radius 1 is 1.18 bits per heavy atom. The standard InChI is InChI=1S/C20H21F3N4O/c1-12-6-16(21)17(24)9-15(12)13-7-18(26-2-4-28-5-3-26)20-25-14(8-19(22)23)11-27(20)10-13/h6-7,9-11,19H,2-5,8,24H2,1H3. The zero-order chi connectivity index (χ0) is 19.8. The summed E-state index contributed by atoms with van der Waals surface area (Å²) < 4.78 is 46.7.